The molecule has 2 aromatic rings. The fourth-order valence-corrected chi connectivity index (χ4v) is 2.15. The molecule has 3 heteroatoms. The molecule has 0 aliphatic rings. The molecule has 20 heavy (non-hydrogen) atoms. The summed E-state index contributed by atoms with van der Waals surface area (Å²) in [7, 11) is 0. The molecule has 0 bridgehead atoms. The molecular formula is C17H21FN2. The summed E-state index contributed by atoms with van der Waals surface area (Å²) in [5, 5.41) is 3.51. The van der Waals surface area contributed by atoms with Gasteiger partial charge in [-0.3, -0.25) is 4.98 Å². The van der Waals surface area contributed by atoms with Crippen molar-refractivity contribution in [3.05, 3.63) is 65.2 Å². The quantitative estimate of drug-likeness (QED) is 0.865. The molecule has 0 aliphatic heterocycles. The second-order valence-corrected chi connectivity index (χ2v) is 5.09. The molecule has 0 saturated heterocycles. The van der Waals surface area contributed by atoms with Crippen LogP contribution >= 0.6 is 0 Å². The maximum Gasteiger partial charge on any atom is 0.123 e. The number of pyridine rings is 1. The predicted molar refractivity (Wildman–Crippen MR) is 80.1 cm³/mol. The van der Waals surface area contributed by atoms with Gasteiger partial charge in [-0.25, -0.2) is 4.39 Å². The van der Waals surface area contributed by atoms with Crippen LogP contribution in [0.1, 0.15) is 36.2 Å². The standard InChI is InChI=1S/C17H21FN2/c1-3-10-19-17(14-5-7-15(18)8-6-14)11-16-9-4-13(2)12-20-16/h4-9,12,17,19H,3,10-11H2,1-2H3. The summed E-state index contributed by atoms with van der Waals surface area (Å²) in [6.07, 6.45) is 3.77. The normalized spacial score (nSPS) is 12.3. The minimum atomic E-state index is -0.198. The number of benzene rings is 1. The summed E-state index contributed by atoms with van der Waals surface area (Å²) >= 11 is 0. The number of nitrogens with one attached hydrogen (secondary N) is 1. The van der Waals surface area contributed by atoms with Crippen LogP contribution in [0.2, 0.25) is 0 Å². The van der Waals surface area contributed by atoms with Crippen LogP contribution in [0.5, 0.6) is 0 Å². The minimum absolute atomic E-state index is 0.172. The lowest BCUT2D eigenvalue weighted by atomic mass is 10.0. The zero-order chi connectivity index (χ0) is 14.4. The molecular weight excluding hydrogens is 251 g/mol. The predicted octanol–water partition coefficient (Wildman–Crippen LogP) is 3.81. The van der Waals surface area contributed by atoms with Gasteiger partial charge in [0, 0.05) is 24.4 Å². The first-order valence-corrected chi connectivity index (χ1v) is 7.09. The van der Waals surface area contributed by atoms with Crippen LogP contribution in [0.3, 0.4) is 0 Å². The maximum absolute atomic E-state index is 13.0. The molecule has 0 spiro atoms. The van der Waals surface area contributed by atoms with Crippen molar-refractivity contribution in [2.24, 2.45) is 0 Å². The lowest BCUT2D eigenvalue weighted by molar-refractivity contribution is 0.523. The molecule has 0 radical (unpaired) electrons. The van der Waals surface area contributed by atoms with Gasteiger partial charge in [0.2, 0.25) is 0 Å². The van der Waals surface area contributed by atoms with E-state index in [-0.39, 0.29) is 11.9 Å². The smallest absolute Gasteiger partial charge is 0.123 e. The fourth-order valence-electron chi connectivity index (χ4n) is 2.15. The van der Waals surface area contributed by atoms with Crippen LogP contribution < -0.4 is 5.32 Å². The van der Waals surface area contributed by atoms with Crippen LogP contribution in [0.4, 0.5) is 4.39 Å². The second-order valence-electron chi connectivity index (χ2n) is 5.09. The highest BCUT2D eigenvalue weighted by Gasteiger charge is 2.12. The molecule has 1 aromatic carbocycles. The van der Waals surface area contributed by atoms with Gasteiger partial charge in [-0.1, -0.05) is 25.1 Å². The van der Waals surface area contributed by atoms with Gasteiger partial charge in [-0.2, -0.15) is 0 Å². The molecule has 106 valence electrons. The first-order valence-electron chi connectivity index (χ1n) is 7.09. The average molecular weight is 272 g/mol. The van der Waals surface area contributed by atoms with Gasteiger partial charge in [-0.15, -0.1) is 0 Å². The van der Waals surface area contributed by atoms with E-state index in [9.17, 15) is 4.39 Å². The SMILES string of the molecule is CCCNC(Cc1ccc(C)cn1)c1ccc(F)cc1. The molecule has 0 saturated carbocycles. The molecule has 0 amide bonds. The van der Waals surface area contributed by atoms with Gasteiger partial charge in [-0.05, 0) is 49.2 Å². The van der Waals surface area contributed by atoms with E-state index in [1.807, 2.05) is 25.3 Å². The van der Waals surface area contributed by atoms with Crippen molar-refractivity contribution >= 4 is 0 Å². The number of hydrogen-bond acceptors (Lipinski definition) is 2. The van der Waals surface area contributed by atoms with Gasteiger partial charge in [0.15, 0.2) is 0 Å². The van der Waals surface area contributed by atoms with Crippen molar-refractivity contribution < 1.29 is 4.39 Å². The van der Waals surface area contributed by atoms with Gasteiger partial charge in [0.1, 0.15) is 5.82 Å². The number of aryl methyl sites for hydroxylation is 1. The van der Waals surface area contributed by atoms with Gasteiger partial charge in [0.25, 0.3) is 0 Å². The third-order valence-corrected chi connectivity index (χ3v) is 3.30. The molecule has 0 aliphatic carbocycles. The summed E-state index contributed by atoms with van der Waals surface area (Å²) in [4.78, 5) is 4.46. The molecule has 1 aromatic heterocycles. The van der Waals surface area contributed by atoms with Crippen molar-refractivity contribution in [2.45, 2.75) is 32.7 Å². The van der Waals surface area contributed by atoms with Crippen LogP contribution in [0, 0.1) is 12.7 Å². The van der Waals surface area contributed by atoms with Crippen LogP contribution in [0.25, 0.3) is 0 Å². The molecule has 2 nitrogen and oxygen atoms in total. The highest BCUT2D eigenvalue weighted by atomic mass is 19.1. The summed E-state index contributed by atoms with van der Waals surface area (Å²) in [6.45, 7) is 5.11. The van der Waals surface area contributed by atoms with Crippen molar-refractivity contribution in [1.82, 2.24) is 10.3 Å². The van der Waals surface area contributed by atoms with E-state index in [1.165, 1.54) is 12.1 Å². The molecule has 2 rings (SSSR count). The Balaban J connectivity index is 2.14. The van der Waals surface area contributed by atoms with Crippen molar-refractivity contribution in [3.8, 4) is 0 Å². The summed E-state index contributed by atoms with van der Waals surface area (Å²) in [5.74, 6) is -0.198. The van der Waals surface area contributed by atoms with E-state index in [1.54, 1.807) is 0 Å². The maximum atomic E-state index is 13.0. The Morgan fingerprint density at radius 1 is 1.15 bits per heavy atom. The lowest BCUT2D eigenvalue weighted by Gasteiger charge is -2.19. The zero-order valence-electron chi connectivity index (χ0n) is 12.1. The number of halogens is 1. The Morgan fingerprint density at radius 2 is 1.90 bits per heavy atom. The second kappa shape index (κ2) is 7.15. The average Bonchev–Trinajstić information content (AvgIpc) is 2.46. The Bertz CT molecular complexity index is 520. The first-order chi connectivity index (χ1) is 9.69. The largest absolute Gasteiger partial charge is 0.310 e. The van der Waals surface area contributed by atoms with Gasteiger partial charge >= 0.3 is 0 Å². The van der Waals surface area contributed by atoms with E-state index in [0.717, 1.165) is 36.2 Å². The monoisotopic (exact) mass is 272 g/mol. The van der Waals surface area contributed by atoms with Gasteiger partial charge < -0.3 is 5.32 Å². The topological polar surface area (TPSA) is 24.9 Å². The number of aromatic nitrogens is 1. The number of hydrogen-bond donors (Lipinski definition) is 1. The highest BCUT2D eigenvalue weighted by molar-refractivity contribution is 5.22. The molecule has 1 unspecified atom stereocenters. The van der Waals surface area contributed by atoms with E-state index in [2.05, 4.69) is 29.4 Å². The summed E-state index contributed by atoms with van der Waals surface area (Å²) < 4.78 is 13.0. The fraction of sp³-hybridized carbons (Fsp3) is 0.353. The third kappa shape index (κ3) is 4.14. The Kier molecular flexibility index (Phi) is 5.24. The van der Waals surface area contributed by atoms with E-state index < -0.39 is 0 Å². The number of nitrogens with zero attached hydrogens (tertiary/aromatic N) is 1. The van der Waals surface area contributed by atoms with Gasteiger partial charge in [0.05, 0.1) is 0 Å². The van der Waals surface area contributed by atoms with Crippen LogP contribution in [0.15, 0.2) is 42.6 Å². The minimum Gasteiger partial charge on any atom is -0.310 e. The Labute approximate surface area is 120 Å². The van der Waals surface area contributed by atoms with Crippen molar-refractivity contribution in [1.29, 1.82) is 0 Å². The molecule has 0 fully saturated rings. The third-order valence-electron chi connectivity index (χ3n) is 3.30. The van der Waals surface area contributed by atoms with Crippen LogP contribution in [-0.4, -0.2) is 11.5 Å². The molecule has 1 N–H and O–H groups in total. The van der Waals surface area contributed by atoms with E-state index >= 15 is 0 Å². The van der Waals surface area contributed by atoms with Crippen LogP contribution in [-0.2, 0) is 6.42 Å². The zero-order valence-corrected chi connectivity index (χ0v) is 12.1. The lowest BCUT2D eigenvalue weighted by Crippen LogP contribution is -2.24. The molecule has 1 heterocycles. The Morgan fingerprint density at radius 3 is 2.50 bits per heavy atom. The Hall–Kier alpha value is -1.74. The molecule has 1 atom stereocenters. The van der Waals surface area contributed by atoms with E-state index in [0.29, 0.717) is 0 Å². The first kappa shape index (κ1) is 14.7. The van der Waals surface area contributed by atoms with Crippen molar-refractivity contribution in [2.75, 3.05) is 6.54 Å². The number of rotatable bonds is 6. The highest BCUT2D eigenvalue weighted by Crippen LogP contribution is 2.18. The summed E-state index contributed by atoms with van der Waals surface area (Å²) in [6, 6.07) is 11.0. The summed E-state index contributed by atoms with van der Waals surface area (Å²) in [5.41, 5.74) is 3.31. The van der Waals surface area contributed by atoms with E-state index in [4.69, 9.17) is 0 Å². The van der Waals surface area contributed by atoms with Crippen molar-refractivity contribution in [3.63, 3.8) is 0 Å².